The predicted molar refractivity (Wildman–Crippen MR) is 45.2 cm³/mol. The van der Waals surface area contributed by atoms with E-state index in [-0.39, 0.29) is 5.91 Å². The van der Waals surface area contributed by atoms with E-state index in [0.29, 0.717) is 6.04 Å². The molecule has 0 radical (unpaired) electrons. The number of allylic oxidation sites excluding steroid dienone is 1. The van der Waals surface area contributed by atoms with E-state index < -0.39 is 0 Å². The molecule has 0 unspecified atom stereocenters. The summed E-state index contributed by atoms with van der Waals surface area (Å²) in [5.74, 6) is 0.0946. The van der Waals surface area contributed by atoms with Gasteiger partial charge in [0.2, 0.25) is 5.91 Å². The van der Waals surface area contributed by atoms with Gasteiger partial charge in [-0.15, -0.1) is 0 Å². The van der Waals surface area contributed by atoms with Gasteiger partial charge in [0.1, 0.15) is 0 Å². The third kappa shape index (κ3) is 2.07. The van der Waals surface area contributed by atoms with Gasteiger partial charge in [-0.1, -0.05) is 6.08 Å². The summed E-state index contributed by atoms with van der Waals surface area (Å²) in [6, 6.07) is 0.456. The van der Waals surface area contributed by atoms with Gasteiger partial charge in [0.25, 0.3) is 0 Å². The maximum Gasteiger partial charge on any atom is 0.246 e. The highest BCUT2D eigenvalue weighted by molar-refractivity contribution is 5.92. The largest absolute Gasteiger partial charge is 0.350 e. The van der Waals surface area contributed by atoms with Crippen LogP contribution in [0.25, 0.3) is 0 Å². The molecular formula is C9H15NO. The molecule has 1 amide bonds. The number of amides is 1. The zero-order valence-corrected chi connectivity index (χ0v) is 7.18. The topological polar surface area (TPSA) is 29.1 Å². The molecule has 0 saturated heterocycles. The van der Waals surface area contributed by atoms with Gasteiger partial charge in [0.05, 0.1) is 0 Å². The van der Waals surface area contributed by atoms with E-state index in [9.17, 15) is 4.79 Å². The molecule has 2 nitrogen and oxygen atoms in total. The first kappa shape index (κ1) is 8.31. The van der Waals surface area contributed by atoms with E-state index >= 15 is 0 Å². The lowest BCUT2D eigenvalue weighted by Crippen LogP contribution is -2.39. The highest BCUT2D eigenvalue weighted by atomic mass is 16.1. The Hall–Kier alpha value is -0.790. The molecule has 0 atom stereocenters. The molecule has 2 heteroatoms. The van der Waals surface area contributed by atoms with Crippen LogP contribution in [0, 0.1) is 0 Å². The van der Waals surface area contributed by atoms with Crippen LogP contribution in [0.1, 0.15) is 33.1 Å². The molecule has 62 valence electrons. The second-order valence-electron chi connectivity index (χ2n) is 3.07. The lowest BCUT2D eigenvalue weighted by molar-refractivity contribution is -0.118. The molecule has 0 aliphatic heterocycles. The fourth-order valence-electron chi connectivity index (χ4n) is 0.983. The van der Waals surface area contributed by atoms with Crippen LogP contribution in [0.5, 0.6) is 0 Å². The standard InChI is InChI=1S/C9H15NO/c1-3-7(2)9(11)10-8-5-4-6-8/h3,8H,4-6H2,1-2H3,(H,10,11)/b7-3-. The first-order valence-electron chi connectivity index (χ1n) is 4.18. The van der Waals surface area contributed by atoms with Crippen LogP contribution in [0.2, 0.25) is 0 Å². The van der Waals surface area contributed by atoms with Gasteiger partial charge >= 0.3 is 0 Å². The van der Waals surface area contributed by atoms with Crippen molar-refractivity contribution in [3.63, 3.8) is 0 Å². The maximum absolute atomic E-state index is 11.2. The number of rotatable bonds is 2. The van der Waals surface area contributed by atoms with E-state index in [4.69, 9.17) is 0 Å². The average molecular weight is 153 g/mol. The fraction of sp³-hybridized carbons (Fsp3) is 0.667. The van der Waals surface area contributed by atoms with Crippen molar-refractivity contribution in [1.82, 2.24) is 5.32 Å². The summed E-state index contributed by atoms with van der Waals surface area (Å²) < 4.78 is 0. The first-order chi connectivity index (χ1) is 5.24. The molecular weight excluding hydrogens is 138 g/mol. The average Bonchev–Trinajstić information content (AvgIpc) is 1.94. The molecule has 0 aromatic carbocycles. The van der Waals surface area contributed by atoms with Crippen LogP contribution < -0.4 is 5.32 Å². The predicted octanol–water partition coefficient (Wildman–Crippen LogP) is 1.62. The van der Waals surface area contributed by atoms with Crippen molar-refractivity contribution in [3.05, 3.63) is 11.6 Å². The molecule has 0 aromatic rings. The number of hydrogen-bond donors (Lipinski definition) is 1. The van der Waals surface area contributed by atoms with Crippen molar-refractivity contribution in [1.29, 1.82) is 0 Å². The second kappa shape index (κ2) is 3.56. The molecule has 1 fully saturated rings. The number of carbonyl (C=O) groups excluding carboxylic acids is 1. The van der Waals surface area contributed by atoms with Gasteiger partial charge in [-0.25, -0.2) is 0 Å². The Morgan fingerprint density at radius 1 is 1.55 bits per heavy atom. The monoisotopic (exact) mass is 153 g/mol. The van der Waals surface area contributed by atoms with Crippen LogP contribution in [-0.2, 0) is 4.79 Å². The van der Waals surface area contributed by atoms with Gasteiger partial charge in [0, 0.05) is 11.6 Å². The summed E-state index contributed by atoms with van der Waals surface area (Å²) in [6.07, 6.45) is 5.42. The molecule has 1 aliphatic carbocycles. The Bertz CT molecular complexity index is 180. The van der Waals surface area contributed by atoms with Crippen molar-refractivity contribution < 1.29 is 4.79 Å². The quantitative estimate of drug-likeness (QED) is 0.600. The Labute approximate surface area is 67.7 Å². The Balaban J connectivity index is 2.30. The molecule has 11 heavy (non-hydrogen) atoms. The minimum Gasteiger partial charge on any atom is -0.350 e. The molecule has 0 bridgehead atoms. The SMILES string of the molecule is C/C=C(/C)C(=O)NC1CCC1. The van der Waals surface area contributed by atoms with E-state index in [0.717, 1.165) is 18.4 Å². The van der Waals surface area contributed by atoms with Crippen molar-refractivity contribution in [2.45, 2.75) is 39.2 Å². The summed E-state index contributed by atoms with van der Waals surface area (Å²) in [4.78, 5) is 11.2. The summed E-state index contributed by atoms with van der Waals surface area (Å²) in [5, 5.41) is 2.96. The Kier molecular flexibility index (Phi) is 2.69. The zero-order valence-electron chi connectivity index (χ0n) is 7.18. The molecule has 1 saturated carbocycles. The van der Waals surface area contributed by atoms with E-state index in [1.807, 2.05) is 19.9 Å². The molecule has 0 aromatic heterocycles. The smallest absolute Gasteiger partial charge is 0.246 e. The van der Waals surface area contributed by atoms with Gasteiger partial charge in [-0.05, 0) is 33.1 Å². The van der Waals surface area contributed by atoms with Gasteiger partial charge in [-0.2, -0.15) is 0 Å². The van der Waals surface area contributed by atoms with Gasteiger partial charge < -0.3 is 5.32 Å². The Morgan fingerprint density at radius 3 is 2.55 bits per heavy atom. The van der Waals surface area contributed by atoms with Crippen LogP contribution in [0.3, 0.4) is 0 Å². The molecule has 1 N–H and O–H groups in total. The van der Waals surface area contributed by atoms with Crippen LogP contribution in [0.15, 0.2) is 11.6 Å². The number of carbonyl (C=O) groups is 1. The molecule has 1 aliphatic rings. The molecule has 0 heterocycles. The summed E-state index contributed by atoms with van der Waals surface area (Å²) >= 11 is 0. The lowest BCUT2D eigenvalue weighted by Gasteiger charge is -2.26. The number of nitrogens with one attached hydrogen (secondary N) is 1. The summed E-state index contributed by atoms with van der Waals surface area (Å²) in [6.45, 7) is 3.73. The third-order valence-electron chi connectivity index (χ3n) is 2.23. The van der Waals surface area contributed by atoms with Crippen molar-refractivity contribution in [3.8, 4) is 0 Å². The van der Waals surface area contributed by atoms with E-state index in [1.165, 1.54) is 6.42 Å². The first-order valence-corrected chi connectivity index (χ1v) is 4.18. The molecule has 1 rings (SSSR count). The Morgan fingerprint density at radius 2 is 2.18 bits per heavy atom. The lowest BCUT2D eigenvalue weighted by atomic mass is 9.93. The second-order valence-corrected chi connectivity index (χ2v) is 3.07. The summed E-state index contributed by atoms with van der Waals surface area (Å²) in [5.41, 5.74) is 0.817. The van der Waals surface area contributed by atoms with Crippen LogP contribution in [-0.4, -0.2) is 11.9 Å². The normalized spacial score (nSPS) is 19.3. The minimum absolute atomic E-state index is 0.0946. The minimum atomic E-state index is 0.0946. The van der Waals surface area contributed by atoms with E-state index in [2.05, 4.69) is 5.32 Å². The van der Waals surface area contributed by atoms with Crippen LogP contribution >= 0.6 is 0 Å². The van der Waals surface area contributed by atoms with Gasteiger partial charge in [-0.3, -0.25) is 4.79 Å². The molecule has 0 spiro atoms. The van der Waals surface area contributed by atoms with Crippen molar-refractivity contribution in [2.75, 3.05) is 0 Å². The van der Waals surface area contributed by atoms with Crippen molar-refractivity contribution >= 4 is 5.91 Å². The number of hydrogen-bond acceptors (Lipinski definition) is 1. The fourth-order valence-corrected chi connectivity index (χ4v) is 0.983. The highest BCUT2D eigenvalue weighted by Crippen LogP contribution is 2.18. The highest BCUT2D eigenvalue weighted by Gasteiger charge is 2.19. The summed E-state index contributed by atoms with van der Waals surface area (Å²) in [7, 11) is 0. The van der Waals surface area contributed by atoms with Crippen LogP contribution in [0.4, 0.5) is 0 Å². The maximum atomic E-state index is 11.2. The van der Waals surface area contributed by atoms with Gasteiger partial charge in [0.15, 0.2) is 0 Å². The third-order valence-corrected chi connectivity index (χ3v) is 2.23. The zero-order chi connectivity index (χ0) is 8.27. The van der Waals surface area contributed by atoms with E-state index in [1.54, 1.807) is 0 Å². The van der Waals surface area contributed by atoms with Crippen molar-refractivity contribution in [2.24, 2.45) is 0 Å².